The summed E-state index contributed by atoms with van der Waals surface area (Å²) < 4.78 is 6.69. The molecule has 0 amide bonds. The number of benzene rings is 1. The maximum atomic E-state index is 5.51. The summed E-state index contributed by atoms with van der Waals surface area (Å²) in [6, 6.07) is 8.09. The zero-order valence-corrected chi connectivity index (χ0v) is 11.0. The van der Waals surface area contributed by atoms with Crippen LogP contribution in [0.4, 0.5) is 5.13 Å². The Labute approximate surface area is 109 Å². The van der Waals surface area contributed by atoms with Gasteiger partial charge in [-0.1, -0.05) is 23.5 Å². The van der Waals surface area contributed by atoms with Crippen LogP contribution in [0.1, 0.15) is 17.3 Å². The number of fused-ring (bicyclic) bond motifs is 1. The predicted octanol–water partition coefficient (Wildman–Crippen LogP) is 3.51. The summed E-state index contributed by atoms with van der Waals surface area (Å²) in [6.07, 6.45) is 0. The fourth-order valence-corrected chi connectivity index (χ4v) is 2.58. The minimum Gasteiger partial charge on any atom is -0.444 e. The van der Waals surface area contributed by atoms with E-state index in [1.54, 1.807) is 11.3 Å². The normalized spacial score (nSPS) is 11.0. The third kappa shape index (κ3) is 2.09. The molecule has 3 rings (SSSR count). The van der Waals surface area contributed by atoms with Gasteiger partial charge in [0.1, 0.15) is 5.76 Å². The quantitative estimate of drug-likeness (QED) is 0.782. The fourth-order valence-electron chi connectivity index (χ4n) is 1.71. The van der Waals surface area contributed by atoms with Crippen LogP contribution in [-0.4, -0.2) is 9.97 Å². The lowest BCUT2D eigenvalue weighted by atomic mass is 10.3. The van der Waals surface area contributed by atoms with E-state index in [0.717, 1.165) is 22.1 Å². The van der Waals surface area contributed by atoms with Gasteiger partial charge in [-0.05, 0) is 26.0 Å². The third-order valence-corrected chi connectivity index (χ3v) is 3.75. The van der Waals surface area contributed by atoms with E-state index in [-0.39, 0.29) is 0 Å². The number of nitrogens with one attached hydrogen (secondary N) is 1. The van der Waals surface area contributed by atoms with Gasteiger partial charge >= 0.3 is 0 Å². The van der Waals surface area contributed by atoms with Crippen molar-refractivity contribution >= 4 is 26.7 Å². The molecule has 92 valence electrons. The second-order valence-corrected chi connectivity index (χ2v) is 5.12. The zero-order valence-electron chi connectivity index (χ0n) is 10.2. The van der Waals surface area contributed by atoms with Crippen molar-refractivity contribution < 1.29 is 4.42 Å². The molecule has 0 aliphatic carbocycles. The van der Waals surface area contributed by atoms with Crippen LogP contribution in [0.25, 0.3) is 10.2 Å². The van der Waals surface area contributed by atoms with E-state index in [9.17, 15) is 0 Å². The molecule has 1 aromatic carbocycles. The molecule has 1 N–H and O–H groups in total. The first-order chi connectivity index (χ1) is 8.72. The Bertz CT molecular complexity index is 634. The van der Waals surface area contributed by atoms with E-state index >= 15 is 0 Å². The number of hydrogen-bond donors (Lipinski definition) is 1. The maximum absolute atomic E-state index is 5.51. The number of oxazole rings is 1. The summed E-state index contributed by atoms with van der Waals surface area (Å²) in [4.78, 5) is 8.82. The van der Waals surface area contributed by atoms with Crippen molar-refractivity contribution in [2.45, 2.75) is 20.4 Å². The molecule has 0 saturated carbocycles. The lowest BCUT2D eigenvalue weighted by molar-refractivity contribution is 0.478. The predicted molar refractivity (Wildman–Crippen MR) is 72.9 cm³/mol. The Kier molecular flexibility index (Phi) is 2.76. The van der Waals surface area contributed by atoms with Gasteiger partial charge in [-0.15, -0.1) is 0 Å². The Morgan fingerprint density at radius 2 is 2.06 bits per heavy atom. The highest BCUT2D eigenvalue weighted by molar-refractivity contribution is 7.22. The number of aromatic nitrogens is 2. The molecule has 0 radical (unpaired) electrons. The Morgan fingerprint density at radius 3 is 2.78 bits per heavy atom. The number of hydrogen-bond acceptors (Lipinski definition) is 5. The summed E-state index contributed by atoms with van der Waals surface area (Å²) in [5, 5.41) is 4.14. The van der Waals surface area contributed by atoms with Crippen LogP contribution in [0, 0.1) is 13.8 Å². The van der Waals surface area contributed by atoms with E-state index in [0.29, 0.717) is 12.4 Å². The molecule has 0 spiro atoms. The lowest BCUT2D eigenvalue weighted by Gasteiger charge is -1.96. The van der Waals surface area contributed by atoms with Crippen molar-refractivity contribution in [3.63, 3.8) is 0 Å². The van der Waals surface area contributed by atoms with E-state index in [2.05, 4.69) is 21.4 Å². The molecule has 3 aromatic rings. The minimum absolute atomic E-state index is 0.564. The summed E-state index contributed by atoms with van der Waals surface area (Å²) in [5.74, 6) is 1.57. The zero-order chi connectivity index (χ0) is 12.5. The summed E-state index contributed by atoms with van der Waals surface area (Å²) >= 11 is 1.64. The van der Waals surface area contributed by atoms with Crippen LogP contribution in [0.5, 0.6) is 0 Å². The first kappa shape index (κ1) is 11.2. The van der Waals surface area contributed by atoms with E-state index < -0.39 is 0 Å². The first-order valence-electron chi connectivity index (χ1n) is 5.75. The largest absolute Gasteiger partial charge is 0.444 e. The highest BCUT2D eigenvalue weighted by Crippen LogP contribution is 2.25. The number of thiazole rings is 1. The number of aryl methyl sites for hydroxylation is 2. The second kappa shape index (κ2) is 4.42. The van der Waals surface area contributed by atoms with Crippen LogP contribution in [0.3, 0.4) is 0 Å². The van der Waals surface area contributed by atoms with Crippen molar-refractivity contribution in [2.75, 3.05) is 5.32 Å². The number of anilines is 1. The van der Waals surface area contributed by atoms with Crippen molar-refractivity contribution in [1.82, 2.24) is 9.97 Å². The van der Waals surface area contributed by atoms with Gasteiger partial charge in [0.25, 0.3) is 0 Å². The summed E-state index contributed by atoms with van der Waals surface area (Å²) in [5.41, 5.74) is 1.96. The SMILES string of the molecule is Cc1nc(CNc2nc3ccccc3s2)oc1C. The van der Waals surface area contributed by atoms with Crippen LogP contribution in [0.2, 0.25) is 0 Å². The highest BCUT2D eigenvalue weighted by Gasteiger charge is 2.07. The Hall–Kier alpha value is -1.88. The van der Waals surface area contributed by atoms with Gasteiger partial charge in [-0.3, -0.25) is 0 Å². The van der Waals surface area contributed by atoms with Crippen molar-refractivity contribution in [3.05, 3.63) is 41.6 Å². The van der Waals surface area contributed by atoms with Gasteiger partial charge < -0.3 is 9.73 Å². The van der Waals surface area contributed by atoms with Gasteiger partial charge in [0.15, 0.2) is 5.13 Å². The van der Waals surface area contributed by atoms with Crippen LogP contribution < -0.4 is 5.32 Å². The molecule has 0 fully saturated rings. The summed E-state index contributed by atoms with van der Waals surface area (Å²) in [6.45, 7) is 4.43. The topological polar surface area (TPSA) is 51.0 Å². The molecular weight excluding hydrogens is 246 g/mol. The molecule has 0 aliphatic rings. The fraction of sp³-hybridized carbons (Fsp3) is 0.231. The smallest absolute Gasteiger partial charge is 0.214 e. The van der Waals surface area contributed by atoms with Gasteiger partial charge in [0.2, 0.25) is 5.89 Å². The number of rotatable bonds is 3. The highest BCUT2D eigenvalue weighted by atomic mass is 32.1. The summed E-state index contributed by atoms with van der Waals surface area (Å²) in [7, 11) is 0. The van der Waals surface area contributed by atoms with Crippen molar-refractivity contribution in [3.8, 4) is 0 Å². The van der Waals surface area contributed by atoms with Gasteiger partial charge in [-0.2, -0.15) is 0 Å². The monoisotopic (exact) mass is 259 g/mol. The molecule has 4 nitrogen and oxygen atoms in total. The van der Waals surface area contributed by atoms with Crippen LogP contribution >= 0.6 is 11.3 Å². The molecule has 5 heteroatoms. The van der Waals surface area contributed by atoms with Gasteiger partial charge in [-0.25, -0.2) is 9.97 Å². The maximum Gasteiger partial charge on any atom is 0.214 e. The second-order valence-electron chi connectivity index (χ2n) is 4.09. The first-order valence-corrected chi connectivity index (χ1v) is 6.56. The molecule has 0 bridgehead atoms. The molecule has 0 atom stereocenters. The average molecular weight is 259 g/mol. The standard InChI is InChI=1S/C13H13N3OS/c1-8-9(2)17-12(15-8)7-14-13-16-10-5-3-4-6-11(10)18-13/h3-6H,7H2,1-2H3,(H,14,16). The molecule has 18 heavy (non-hydrogen) atoms. The van der Waals surface area contributed by atoms with E-state index in [4.69, 9.17) is 4.42 Å². The van der Waals surface area contributed by atoms with E-state index in [1.165, 1.54) is 4.70 Å². The van der Waals surface area contributed by atoms with Gasteiger partial charge in [0, 0.05) is 0 Å². The molecule has 0 unspecified atom stereocenters. The molecule has 0 saturated heterocycles. The number of para-hydroxylation sites is 1. The Balaban J connectivity index is 1.76. The molecule has 2 aromatic heterocycles. The van der Waals surface area contributed by atoms with Crippen LogP contribution in [-0.2, 0) is 6.54 Å². The van der Waals surface area contributed by atoms with Crippen molar-refractivity contribution in [2.24, 2.45) is 0 Å². The number of nitrogens with zero attached hydrogens (tertiary/aromatic N) is 2. The molecular formula is C13H13N3OS. The van der Waals surface area contributed by atoms with Crippen molar-refractivity contribution in [1.29, 1.82) is 0 Å². The third-order valence-electron chi connectivity index (χ3n) is 2.76. The van der Waals surface area contributed by atoms with E-state index in [1.807, 2.05) is 32.0 Å². The average Bonchev–Trinajstić information content (AvgIpc) is 2.91. The Morgan fingerprint density at radius 1 is 1.22 bits per heavy atom. The molecule has 2 heterocycles. The van der Waals surface area contributed by atoms with Gasteiger partial charge in [0.05, 0.1) is 22.5 Å². The minimum atomic E-state index is 0.564. The lowest BCUT2D eigenvalue weighted by Crippen LogP contribution is -1.98. The van der Waals surface area contributed by atoms with Crippen LogP contribution in [0.15, 0.2) is 28.7 Å². The molecule has 0 aliphatic heterocycles.